The van der Waals surface area contributed by atoms with Crippen molar-refractivity contribution < 1.29 is 14.0 Å². The molecular weight excluding hydrogens is 463 g/mol. The fourth-order valence-corrected chi connectivity index (χ4v) is 5.14. The Bertz CT molecular complexity index is 1330. The summed E-state index contributed by atoms with van der Waals surface area (Å²) >= 11 is 1.24. The topological polar surface area (TPSA) is 74.1 Å². The van der Waals surface area contributed by atoms with Crippen LogP contribution in [0, 0.1) is 12.7 Å². The van der Waals surface area contributed by atoms with Crippen LogP contribution in [0.3, 0.4) is 0 Å². The molecule has 0 saturated heterocycles. The van der Waals surface area contributed by atoms with Crippen molar-refractivity contribution in [3.05, 3.63) is 101 Å². The highest BCUT2D eigenvalue weighted by molar-refractivity contribution is 8.15. The van der Waals surface area contributed by atoms with Gasteiger partial charge in [-0.05, 0) is 35.7 Å². The van der Waals surface area contributed by atoms with E-state index in [0.717, 1.165) is 16.8 Å². The molecule has 0 bridgehead atoms. The second-order valence-corrected chi connectivity index (χ2v) is 9.61. The number of hydrogen-bond donors (Lipinski definition) is 1. The van der Waals surface area contributed by atoms with Crippen LogP contribution >= 0.6 is 11.8 Å². The number of thioether (sulfide) groups is 1. The van der Waals surface area contributed by atoms with Gasteiger partial charge in [-0.1, -0.05) is 78.5 Å². The first-order chi connectivity index (χ1) is 17.0. The van der Waals surface area contributed by atoms with Gasteiger partial charge >= 0.3 is 0 Å². The summed E-state index contributed by atoms with van der Waals surface area (Å²) in [4.78, 5) is 29.5. The van der Waals surface area contributed by atoms with Gasteiger partial charge in [0.1, 0.15) is 11.1 Å². The molecule has 0 radical (unpaired) electrons. The van der Waals surface area contributed by atoms with E-state index in [9.17, 15) is 14.0 Å². The highest BCUT2D eigenvalue weighted by Gasteiger charge is 2.39. The van der Waals surface area contributed by atoms with Crippen LogP contribution in [0.25, 0.3) is 0 Å². The number of carbonyl (C=O) groups excluding carboxylic acids is 2. The second-order valence-electron chi connectivity index (χ2n) is 8.44. The summed E-state index contributed by atoms with van der Waals surface area (Å²) in [5.41, 5.74) is 3.86. The maximum atomic E-state index is 13.8. The average Bonchev–Trinajstić information content (AvgIpc) is 3.47. The van der Waals surface area contributed by atoms with Crippen molar-refractivity contribution in [3.63, 3.8) is 0 Å². The van der Waals surface area contributed by atoms with E-state index in [1.807, 2.05) is 60.7 Å². The fraction of sp³-hybridized carbons (Fsp3) is 0.185. The zero-order valence-corrected chi connectivity index (χ0v) is 19.8. The average molecular weight is 487 g/mol. The summed E-state index contributed by atoms with van der Waals surface area (Å²) in [7, 11) is 0. The maximum absolute atomic E-state index is 13.8. The lowest BCUT2D eigenvalue weighted by Gasteiger charge is -2.23. The molecule has 0 spiro atoms. The number of aliphatic imine (C=N–C) groups is 1. The largest absolute Gasteiger partial charge is 0.326 e. The van der Waals surface area contributed by atoms with Gasteiger partial charge in [0, 0.05) is 18.5 Å². The highest BCUT2D eigenvalue weighted by atomic mass is 32.2. The predicted molar refractivity (Wildman–Crippen MR) is 137 cm³/mol. The van der Waals surface area contributed by atoms with Crippen molar-refractivity contribution in [1.29, 1.82) is 0 Å². The molecule has 8 heteroatoms. The first-order valence-corrected chi connectivity index (χ1v) is 12.2. The minimum atomic E-state index is -0.660. The Labute approximate surface area is 207 Å². The molecule has 0 aromatic heterocycles. The van der Waals surface area contributed by atoms with Crippen molar-refractivity contribution in [2.45, 2.75) is 31.1 Å². The number of rotatable bonds is 5. The number of nitrogens with zero attached hydrogens (tertiary/aromatic N) is 3. The van der Waals surface area contributed by atoms with Gasteiger partial charge in [-0.2, -0.15) is 10.1 Å². The SMILES string of the molecule is Cc1ccc(NC(=O)C[C@@H]2SC(N3N=C(c4ccccc4)C[C@H]3c3ccccc3)=NC2=O)cc1F. The minimum Gasteiger partial charge on any atom is -0.326 e. The number of hydrogen-bond acceptors (Lipinski definition) is 5. The number of nitrogens with one attached hydrogen (secondary N) is 1. The molecule has 1 N–H and O–H groups in total. The molecule has 35 heavy (non-hydrogen) atoms. The minimum absolute atomic E-state index is 0.0644. The number of carbonyl (C=O) groups is 2. The van der Waals surface area contributed by atoms with Crippen LogP contribution in [0.15, 0.2) is 89.0 Å². The Kier molecular flexibility index (Phi) is 6.46. The molecule has 0 fully saturated rings. The van der Waals surface area contributed by atoms with Gasteiger partial charge in [-0.3, -0.25) is 9.59 Å². The number of anilines is 1. The number of amides is 2. The molecule has 3 aromatic carbocycles. The van der Waals surface area contributed by atoms with E-state index < -0.39 is 11.1 Å². The van der Waals surface area contributed by atoms with E-state index in [1.54, 1.807) is 24.1 Å². The summed E-state index contributed by atoms with van der Waals surface area (Å²) < 4.78 is 13.8. The molecule has 0 saturated carbocycles. The van der Waals surface area contributed by atoms with E-state index in [1.165, 1.54) is 17.8 Å². The van der Waals surface area contributed by atoms with Crippen LogP contribution in [0.1, 0.15) is 35.6 Å². The summed E-state index contributed by atoms with van der Waals surface area (Å²) in [6.45, 7) is 1.65. The number of benzene rings is 3. The molecule has 2 atom stereocenters. The summed E-state index contributed by atoms with van der Waals surface area (Å²) in [6, 6.07) is 24.3. The maximum Gasteiger partial charge on any atom is 0.262 e. The molecule has 2 aliphatic heterocycles. The quantitative estimate of drug-likeness (QED) is 0.530. The molecule has 0 aliphatic carbocycles. The molecule has 6 nitrogen and oxygen atoms in total. The Morgan fingerprint density at radius 1 is 1.09 bits per heavy atom. The Balaban J connectivity index is 1.32. The van der Waals surface area contributed by atoms with Gasteiger partial charge < -0.3 is 5.32 Å². The molecule has 3 aromatic rings. The van der Waals surface area contributed by atoms with Crippen molar-refractivity contribution in [2.24, 2.45) is 10.1 Å². The lowest BCUT2D eigenvalue weighted by molar-refractivity contribution is -0.121. The van der Waals surface area contributed by atoms with E-state index in [-0.39, 0.29) is 24.3 Å². The zero-order valence-electron chi connectivity index (χ0n) is 19.0. The van der Waals surface area contributed by atoms with Crippen LogP contribution in [-0.4, -0.2) is 33.0 Å². The number of aryl methyl sites for hydroxylation is 1. The fourth-order valence-electron chi connectivity index (χ4n) is 4.08. The van der Waals surface area contributed by atoms with Gasteiger partial charge in [0.05, 0.1) is 11.8 Å². The molecule has 5 rings (SSSR count). The Hall–Kier alpha value is -3.78. The zero-order chi connectivity index (χ0) is 24.4. The Morgan fingerprint density at radius 2 is 1.80 bits per heavy atom. The van der Waals surface area contributed by atoms with Gasteiger partial charge in [0.15, 0.2) is 5.17 Å². The van der Waals surface area contributed by atoms with Crippen LogP contribution < -0.4 is 5.32 Å². The monoisotopic (exact) mass is 486 g/mol. The van der Waals surface area contributed by atoms with E-state index in [2.05, 4.69) is 10.3 Å². The molecule has 2 aliphatic rings. The van der Waals surface area contributed by atoms with Crippen LogP contribution in [-0.2, 0) is 9.59 Å². The number of hydrazone groups is 1. The van der Waals surface area contributed by atoms with Crippen molar-refractivity contribution >= 4 is 40.1 Å². The summed E-state index contributed by atoms with van der Waals surface area (Å²) in [5.74, 6) is -1.14. The van der Waals surface area contributed by atoms with E-state index >= 15 is 0 Å². The smallest absolute Gasteiger partial charge is 0.262 e. The lowest BCUT2D eigenvalue weighted by Crippen LogP contribution is -2.25. The van der Waals surface area contributed by atoms with Crippen molar-refractivity contribution in [1.82, 2.24) is 5.01 Å². The molecule has 176 valence electrons. The normalized spacial score (nSPS) is 19.5. The number of halogens is 1. The van der Waals surface area contributed by atoms with Crippen molar-refractivity contribution in [3.8, 4) is 0 Å². The molecular formula is C27H23FN4O2S. The standard InChI is InChI=1S/C27H23FN4O2S/c1-17-12-13-20(14-21(17)28)29-25(33)16-24-26(34)30-27(35-24)32-23(19-10-6-3-7-11-19)15-22(31-32)18-8-4-2-5-9-18/h2-14,23-24H,15-16H2,1H3,(H,29,33)/t23-,24-/m0/s1. The van der Waals surface area contributed by atoms with Gasteiger partial charge in [0.25, 0.3) is 5.91 Å². The highest BCUT2D eigenvalue weighted by Crippen LogP contribution is 2.38. The molecule has 0 unspecified atom stereocenters. The second kappa shape index (κ2) is 9.84. The van der Waals surface area contributed by atoms with Gasteiger partial charge in [-0.25, -0.2) is 9.40 Å². The van der Waals surface area contributed by atoms with Gasteiger partial charge in [0.2, 0.25) is 5.91 Å². The van der Waals surface area contributed by atoms with Crippen LogP contribution in [0.4, 0.5) is 10.1 Å². The first kappa shape index (κ1) is 23.0. The third-order valence-electron chi connectivity index (χ3n) is 5.95. The third kappa shape index (κ3) is 5.02. The number of amidine groups is 1. The molecule has 2 heterocycles. The van der Waals surface area contributed by atoms with Gasteiger partial charge in [-0.15, -0.1) is 0 Å². The predicted octanol–water partition coefficient (Wildman–Crippen LogP) is 5.31. The summed E-state index contributed by atoms with van der Waals surface area (Å²) in [6.07, 6.45) is 0.608. The van der Waals surface area contributed by atoms with E-state index in [0.29, 0.717) is 22.8 Å². The molecule has 2 amide bonds. The first-order valence-electron chi connectivity index (χ1n) is 11.3. The third-order valence-corrected chi connectivity index (χ3v) is 7.10. The summed E-state index contributed by atoms with van der Waals surface area (Å²) in [5, 5.41) is 9.12. The Morgan fingerprint density at radius 3 is 2.51 bits per heavy atom. The van der Waals surface area contributed by atoms with Crippen molar-refractivity contribution in [2.75, 3.05) is 5.32 Å². The van der Waals surface area contributed by atoms with Crippen LogP contribution in [0.5, 0.6) is 0 Å². The van der Waals surface area contributed by atoms with E-state index in [4.69, 9.17) is 5.10 Å². The lowest BCUT2D eigenvalue weighted by atomic mass is 9.99. The van der Waals surface area contributed by atoms with Crippen LogP contribution in [0.2, 0.25) is 0 Å².